The van der Waals surface area contributed by atoms with Crippen molar-refractivity contribution >= 4 is 5.91 Å². The maximum absolute atomic E-state index is 12.7. The molecule has 0 atom stereocenters. The fraction of sp³-hybridized carbons (Fsp3) is 0.348. The van der Waals surface area contributed by atoms with Crippen LogP contribution in [0.1, 0.15) is 53.1 Å². The third-order valence-corrected chi connectivity index (χ3v) is 5.46. The van der Waals surface area contributed by atoms with Gasteiger partial charge in [-0.15, -0.1) is 0 Å². The molecule has 1 aliphatic heterocycles. The summed E-state index contributed by atoms with van der Waals surface area (Å²) in [6, 6.07) is 16.0. The first-order chi connectivity index (χ1) is 13.6. The number of carbonyl (C=O) groups is 1. The van der Waals surface area contributed by atoms with Gasteiger partial charge in [0.15, 0.2) is 0 Å². The summed E-state index contributed by atoms with van der Waals surface area (Å²) in [5, 5.41) is 4.15. The molecule has 3 aromatic rings. The highest BCUT2D eigenvalue weighted by Gasteiger charge is 2.28. The number of carbonyl (C=O) groups excluding carboxylic acids is 1. The Morgan fingerprint density at radius 3 is 2.57 bits per heavy atom. The van der Waals surface area contributed by atoms with Crippen molar-refractivity contribution in [2.45, 2.75) is 39.0 Å². The van der Waals surface area contributed by atoms with E-state index in [9.17, 15) is 4.79 Å². The molecular formula is C23H25N3O2. The molecular weight excluding hydrogens is 350 g/mol. The van der Waals surface area contributed by atoms with Crippen molar-refractivity contribution in [1.29, 1.82) is 0 Å². The Hall–Kier alpha value is -2.95. The van der Waals surface area contributed by atoms with Gasteiger partial charge in [0.1, 0.15) is 0 Å². The van der Waals surface area contributed by atoms with E-state index in [2.05, 4.69) is 23.1 Å². The van der Waals surface area contributed by atoms with Gasteiger partial charge in [0.25, 0.3) is 5.91 Å². The number of benzene rings is 2. The Bertz CT molecular complexity index is 954. The summed E-state index contributed by atoms with van der Waals surface area (Å²) in [5.41, 5.74) is 4.15. The van der Waals surface area contributed by atoms with Crippen LogP contribution >= 0.6 is 0 Å². The normalized spacial score (nSPS) is 15.0. The molecule has 0 unspecified atom stereocenters. The summed E-state index contributed by atoms with van der Waals surface area (Å²) >= 11 is 0. The Morgan fingerprint density at radius 1 is 1.14 bits per heavy atom. The van der Waals surface area contributed by atoms with Gasteiger partial charge in [0.2, 0.25) is 11.7 Å². The molecule has 1 saturated heterocycles. The van der Waals surface area contributed by atoms with Gasteiger partial charge in [0.05, 0.1) is 0 Å². The van der Waals surface area contributed by atoms with E-state index in [4.69, 9.17) is 4.52 Å². The van der Waals surface area contributed by atoms with Crippen molar-refractivity contribution in [3.63, 3.8) is 0 Å². The van der Waals surface area contributed by atoms with Crippen LogP contribution in [0.25, 0.3) is 11.4 Å². The maximum atomic E-state index is 12.7. The Kier molecular flexibility index (Phi) is 5.24. The highest BCUT2D eigenvalue weighted by atomic mass is 16.5. The van der Waals surface area contributed by atoms with Crippen LogP contribution in [0.4, 0.5) is 0 Å². The second-order valence-corrected chi connectivity index (χ2v) is 7.44. The summed E-state index contributed by atoms with van der Waals surface area (Å²) in [6.45, 7) is 5.58. The van der Waals surface area contributed by atoms with Gasteiger partial charge in [-0.3, -0.25) is 4.79 Å². The number of nitrogens with zero attached hydrogens (tertiary/aromatic N) is 3. The fourth-order valence-corrected chi connectivity index (χ4v) is 3.70. The highest BCUT2D eigenvalue weighted by molar-refractivity contribution is 5.94. The van der Waals surface area contributed by atoms with E-state index in [-0.39, 0.29) is 11.8 Å². The first kappa shape index (κ1) is 18.4. The molecule has 0 N–H and O–H groups in total. The number of amides is 1. The lowest BCUT2D eigenvalue weighted by Gasteiger charge is -2.30. The third-order valence-electron chi connectivity index (χ3n) is 5.46. The second-order valence-electron chi connectivity index (χ2n) is 7.44. The molecule has 5 nitrogen and oxygen atoms in total. The monoisotopic (exact) mass is 375 g/mol. The second kappa shape index (κ2) is 7.97. The summed E-state index contributed by atoms with van der Waals surface area (Å²) in [6.07, 6.45) is 2.66. The van der Waals surface area contributed by atoms with E-state index < -0.39 is 0 Å². The third kappa shape index (κ3) is 3.84. The van der Waals surface area contributed by atoms with Crippen molar-refractivity contribution in [1.82, 2.24) is 15.0 Å². The molecule has 4 rings (SSSR count). The van der Waals surface area contributed by atoms with Crippen LogP contribution in [-0.4, -0.2) is 34.0 Å². The SMILES string of the molecule is CCc1ccc(C(=O)N2CCC(c3nc(-c4cccc(C)c4)no3)CC2)cc1. The number of likely N-dealkylation sites (tertiary alicyclic amines) is 1. The molecule has 1 fully saturated rings. The lowest BCUT2D eigenvalue weighted by Crippen LogP contribution is -2.38. The first-order valence-electron chi connectivity index (χ1n) is 9.93. The average molecular weight is 375 g/mol. The van der Waals surface area contributed by atoms with Crippen molar-refractivity contribution in [3.8, 4) is 11.4 Å². The van der Waals surface area contributed by atoms with Crippen molar-refractivity contribution in [2.24, 2.45) is 0 Å². The van der Waals surface area contributed by atoms with Gasteiger partial charge >= 0.3 is 0 Å². The minimum atomic E-state index is 0.104. The Balaban J connectivity index is 1.39. The molecule has 0 radical (unpaired) electrons. The van der Waals surface area contributed by atoms with E-state index in [1.54, 1.807) is 0 Å². The molecule has 1 aromatic heterocycles. The minimum Gasteiger partial charge on any atom is -0.339 e. The van der Waals surface area contributed by atoms with Crippen LogP contribution in [0, 0.1) is 6.92 Å². The molecule has 1 aliphatic rings. The van der Waals surface area contributed by atoms with Gasteiger partial charge in [-0.25, -0.2) is 0 Å². The van der Waals surface area contributed by atoms with Crippen LogP contribution < -0.4 is 0 Å². The smallest absolute Gasteiger partial charge is 0.253 e. The average Bonchev–Trinajstić information content (AvgIpc) is 3.24. The quantitative estimate of drug-likeness (QED) is 0.667. The molecule has 0 saturated carbocycles. The van der Waals surface area contributed by atoms with Crippen LogP contribution in [0.15, 0.2) is 53.1 Å². The zero-order valence-electron chi connectivity index (χ0n) is 16.4. The molecule has 28 heavy (non-hydrogen) atoms. The predicted molar refractivity (Wildman–Crippen MR) is 108 cm³/mol. The van der Waals surface area contributed by atoms with Gasteiger partial charge in [-0.2, -0.15) is 4.98 Å². The maximum Gasteiger partial charge on any atom is 0.253 e. The summed E-state index contributed by atoms with van der Waals surface area (Å²) < 4.78 is 5.54. The number of aryl methyl sites for hydroxylation is 2. The summed E-state index contributed by atoms with van der Waals surface area (Å²) in [4.78, 5) is 19.3. The van der Waals surface area contributed by atoms with Crippen molar-refractivity contribution in [3.05, 3.63) is 71.1 Å². The molecule has 2 aromatic carbocycles. The Labute approximate surface area is 165 Å². The molecule has 0 aliphatic carbocycles. The van der Waals surface area contributed by atoms with Crippen LogP contribution in [0.5, 0.6) is 0 Å². The van der Waals surface area contributed by atoms with Crippen LogP contribution in [-0.2, 0) is 6.42 Å². The largest absolute Gasteiger partial charge is 0.339 e. The molecule has 144 valence electrons. The van der Waals surface area contributed by atoms with E-state index in [0.29, 0.717) is 24.8 Å². The van der Waals surface area contributed by atoms with E-state index in [1.807, 2.05) is 54.3 Å². The Morgan fingerprint density at radius 2 is 1.89 bits per heavy atom. The summed E-state index contributed by atoms with van der Waals surface area (Å²) in [5.74, 6) is 1.62. The number of hydrogen-bond acceptors (Lipinski definition) is 4. The summed E-state index contributed by atoms with van der Waals surface area (Å²) in [7, 11) is 0. The van der Waals surface area contributed by atoms with Crippen LogP contribution in [0.3, 0.4) is 0 Å². The predicted octanol–water partition coefficient (Wildman–Crippen LogP) is 4.63. The molecule has 0 bridgehead atoms. The van der Waals surface area contributed by atoms with Gasteiger partial charge in [0, 0.05) is 30.1 Å². The van der Waals surface area contributed by atoms with Gasteiger partial charge in [-0.05, 0) is 49.9 Å². The number of aromatic nitrogens is 2. The molecule has 5 heteroatoms. The van der Waals surface area contributed by atoms with E-state index in [1.165, 1.54) is 11.1 Å². The zero-order valence-corrected chi connectivity index (χ0v) is 16.4. The van der Waals surface area contributed by atoms with Gasteiger partial charge < -0.3 is 9.42 Å². The fourth-order valence-electron chi connectivity index (χ4n) is 3.70. The number of hydrogen-bond donors (Lipinski definition) is 0. The topological polar surface area (TPSA) is 59.2 Å². The van der Waals surface area contributed by atoms with E-state index >= 15 is 0 Å². The highest BCUT2D eigenvalue weighted by Crippen LogP contribution is 2.29. The molecule has 2 heterocycles. The lowest BCUT2D eigenvalue weighted by molar-refractivity contribution is 0.0704. The molecule has 0 spiro atoms. The standard InChI is InChI=1S/C23H25N3O2/c1-3-17-7-9-19(10-8-17)23(27)26-13-11-18(12-14-26)22-24-21(25-28-22)20-6-4-5-16(2)15-20/h4-10,15,18H,3,11-14H2,1-2H3. The first-order valence-corrected chi connectivity index (χ1v) is 9.93. The lowest BCUT2D eigenvalue weighted by atomic mass is 9.96. The zero-order chi connectivity index (χ0) is 19.5. The number of piperidine rings is 1. The minimum absolute atomic E-state index is 0.104. The van der Waals surface area contributed by atoms with Gasteiger partial charge in [-0.1, -0.05) is 48.0 Å². The molecule has 1 amide bonds. The van der Waals surface area contributed by atoms with Crippen molar-refractivity contribution in [2.75, 3.05) is 13.1 Å². The van der Waals surface area contributed by atoms with E-state index in [0.717, 1.165) is 30.4 Å². The van der Waals surface area contributed by atoms with Crippen LogP contribution in [0.2, 0.25) is 0 Å². The van der Waals surface area contributed by atoms with Crippen molar-refractivity contribution < 1.29 is 9.32 Å². The number of rotatable bonds is 4.